The number of carbonyl (C=O) groups excluding carboxylic acids is 5. The van der Waals surface area contributed by atoms with E-state index in [2.05, 4.69) is 5.32 Å². The molecule has 4 aromatic carbocycles. The molecule has 1 fully saturated rings. The van der Waals surface area contributed by atoms with E-state index >= 15 is 0 Å². The summed E-state index contributed by atoms with van der Waals surface area (Å²) < 4.78 is 28.8. The van der Waals surface area contributed by atoms with Gasteiger partial charge in [-0.05, 0) is 48.1 Å². The highest BCUT2D eigenvalue weighted by molar-refractivity contribution is 6.31. The molecule has 0 spiro atoms. The number of ether oxygens (including phenoxy) is 5. The zero-order valence-electron chi connectivity index (χ0n) is 36.8. The van der Waals surface area contributed by atoms with Gasteiger partial charge in [0.2, 0.25) is 11.6 Å². The number of Topliss-reactive ketones (excluding diaryl/α,β-unsaturated/α-hetero) is 1. The Labute approximate surface area is 384 Å². The fraction of sp³-hybridized carbons (Fsp3) is 0.400. The van der Waals surface area contributed by atoms with E-state index in [1.54, 1.807) is 0 Å². The van der Waals surface area contributed by atoms with E-state index in [9.17, 15) is 49.2 Å². The lowest BCUT2D eigenvalue weighted by atomic mass is 9.72. The first kappa shape index (κ1) is 46.9. The molecule has 4 aromatic rings. The van der Waals surface area contributed by atoms with Gasteiger partial charge < -0.3 is 54.5 Å². The van der Waals surface area contributed by atoms with E-state index in [0.29, 0.717) is 25.7 Å². The lowest BCUT2D eigenvalue weighted by Gasteiger charge is -2.42. The number of carboxylic acid groups (broad SMARTS) is 1. The summed E-state index contributed by atoms with van der Waals surface area (Å²) in [6.07, 6.45) is -5.66. The van der Waals surface area contributed by atoms with E-state index in [1.165, 1.54) is 32.2 Å². The lowest BCUT2D eigenvalue weighted by Crippen LogP contribution is -2.56. The van der Waals surface area contributed by atoms with Gasteiger partial charge in [0.25, 0.3) is 0 Å². The number of fused-ring (bicyclic) bond motifs is 6. The Morgan fingerprint density at radius 3 is 2.12 bits per heavy atom. The van der Waals surface area contributed by atoms with Crippen LogP contribution in [-0.4, -0.2) is 111 Å². The van der Waals surface area contributed by atoms with Crippen LogP contribution in [0.1, 0.15) is 124 Å². The molecule has 0 radical (unpaired) electrons. The number of alkyl carbamates (subject to hydrolysis) is 1. The van der Waals surface area contributed by atoms with Crippen molar-refractivity contribution in [3.05, 3.63) is 111 Å². The fourth-order valence-corrected chi connectivity index (χ4v) is 9.75. The molecule has 0 bridgehead atoms. The first-order valence-corrected chi connectivity index (χ1v) is 22.2. The first-order valence-electron chi connectivity index (χ1n) is 22.2. The Bertz CT molecular complexity index is 2600. The number of phenolic OH excluding ortho intramolecular Hbond substituents is 2. The Morgan fingerprint density at radius 1 is 0.806 bits per heavy atom. The maximum absolute atomic E-state index is 14.2. The zero-order chi connectivity index (χ0) is 47.7. The maximum Gasteiger partial charge on any atom is 0.407 e. The predicted octanol–water partition coefficient (Wildman–Crippen LogP) is 5.56. The zero-order valence-corrected chi connectivity index (χ0v) is 36.8. The highest BCUT2D eigenvalue weighted by Crippen LogP contribution is 2.53. The molecule has 67 heavy (non-hydrogen) atoms. The minimum absolute atomic E-state index is 0.000623. The van der Waals surface area contributed by atoms with Gasteiger partial charge in [0.15, 0.2) is 18.7 Å². The molecule has 3 aliphatic carbocycles. The minimum atomic E-state index is -2.45. The van der Waals surface area contributed by atoms with Crippen LogP contribution < -0.4 is 10.1 Å². The number of hydrogen-bond acceptors (Lipinski definition) is 15. The number of phenols is 2. The number of aromatic hydroxyl groups is 2. The van der Waals surface area contributed by atoms with Gasteiger partial charge in [-0.25, -0.2) is 4.79 Å². The molecule has 17 nitrogen and oxygen atoms in total. The number of carbonyl (C=O) groups is 6. The molecule has 4 aliphatic rings. The van der Waals surface area contributed by atoms with Gasteiger partial charge in [0.05, 0.1) is 42.0 Å². The standard InChI is InChI=1S/C50H51NO16/c1-25-44(56)33(51-49(61)65-23-32-28-14-9-7-12-26(28)27-13-8-10-15-29(27)32)20-39(66-25)67-35-22-50(62,36(52)24-64-38(55)19-6-4-3-5-18-37(53)54)21-31-41(35)48(60)43-42(46(31)58)45(57)30-16-11-17-34(63-2)40(30)47(43)59/h7-17,25,32-33,35,39,44,56,58,60,62H,3-6,18-24H2,1-2H3,(H,51,61)(H,53,54)/t25-,33-,35-,39-,44+,50-/m0/s1. The molecule has 6 N–H and O–H groups in total. The molecule has 1 saturated heterocycles. The molecule has 0 unspecified atom stereocenters. The van der Waals surface area contributed by atoms with E-state index in [1.807, 2.05) is 48.5 Å². The predicted molar refractivity (Wildman–Crippen MR) is 235 cm³/mol. The Balaban J connectivity index is 1.03. The number of hydrogen-bond donors (Lipinski definition) is 6. The van der Waals surface area contributed by atoms with Crippen LogP contribution in [0.2, 0.25) is 0 Å². The van der Waals surface area contributed by atoms with Gasteiger partial charge in [-0.1, -0.05) is 73.5 Å². The first-order chi connectivity index (χ1) is 32.1. The Morgan fingerprint density at radius 2 is 1.45 bits per heavy atom. The number of ketones is 3. The van der Waals surface area contributed by atoms with Crippen LogP contribution in [0, 0.1) is 0 Å². The number of esters is 1. The highest BCUT2D eigenvalue weighted by atomic mass is 16.7. The van der Waals surface area contributed by atoms with E-state index in [4.69, 9.17) is 28.8 Å². The smallest absolute Gasteiger partial charge is 0.407 e. The summed E-state index contributed by atoms with van der Waals surface area (Å²) in [4.78, 5) is 79.0. The molecule has 8 rings (SSSR count). The van der Waals surface area contributed by atoms with Crippen LogP contribution >= 0.6 is 0 Å². The van der Waals surface area contributed by atoms with Gasteiger partial charge in [-0.2, -0.15) is 0 Å². The third-order valence-corrected chi connectivity index (χ3v) is 13.1. The van der Waals surface area contributed by atoms with Crippen LogP contribution in [0.4, 0.5) is 4.79 Å². The van der Waals surface area contributed by atoms with Crippen molar-refractivity contribution >= 4 is 35.4 Å². The van der Waals surface area contributed by atoms with E-state index < -0.39 is 114 Å². The molecule has 1 aliphatic heterocycles. The second kappa shape index (κ2) is 19.3. The number of aliphatic hydroxyl groups is 2. The van der Waals surface area contributed by atoms with Crippen molar-refractivity contribution in [3.8, 4) is 28.4 Å². The second-order valence-electron chi connectivity index (χ2n) is 17.4. The maximum atomic E-state index is 14.2. The number of methoxy groups -OCH3 is 1. The topological polar surface area (TPSA) is 262 Å². The number of rotatable bonds is 16. The summed E-state index contributed by atoms with van der Waals surface area (Å²) in [7, 11) is 1.30. The summed E-state index contributed by atoms with van der Waals surface area (Å²) >= 11 is 0. The van der Waals surface area contributed by atoms with Gasteiger partial charge in [-0.3, -0.25) is 24.0 Å². The van der Waals surface area contributed by atoms with Gasteiger partial charge in [-0.15, -0.1) is 0 Å². The number of aliphatic hydroxyl groups excluding tert-OH is 1. The van der Waals surface area contributed by atoms with Gasteiger partial charge >= 0.3 is 18.0 Å². The third-order valence-electron chi connectivity index (χ3n) is 13.1. The van der Waals surface area contributed by atoms with Crippen LogP contribution in [0.25, 0.3) is 11.1 Å². The van der Waals surface area contributed by atoms with Crippen LogP contribution in [0.3, 0.4) is 0 Å². The third kappa shape index (κ3) is 9.11. The van der Waals surface area contributed by atoms with Crippen LogP contribution in [0.5, 0.6) is 17.2 Å². The molecule has 0 aromatic heterocycles. The second-order valence-corrected chi connectivity index (χ2v) is 17.4. The molecule has 6 atom stereocenters. The molecule has 352 valence electrons. The van der Waals surface area contributed by atoms with Gasteiger partial charge in [0, 0.05) is 54.7 Å². The normalized spacial score (nSPS) is 22.7. The van der Waals surface area contributed by atoms with Crippen molar-refractivity contribution < 1.29 is 78.0 Å². The molecule has 17 heteroatoms. The lowest BCUT2D eigenvalue weighted by molar-refractivity contribution is -0.249. The van der Waals surface area contributed by atoms with E-state index in [-0.39, 0.29) is 59.8 Å². The van der Waals surface area contributed by atoms with Crippen molar-refractivity contribution in [2.45, 2.75) is 107 Å². The minimum Gasteiger partial charge on any atom is -0.507 e. The Kier molecular flexibility index (Phi) is 13.5. The summed E-state index contributed by atoms with van der Waals surface area (Å²) in [5.41, 5.74) is -0.272. The van der Waals surface area contributed by atoms with Crippen molar-refractivity contribution in [2.24, 2.45) is 0 Å². The largest absolute Gasteiger partial charge is 0.507 e. The average Bonchev–Trinajstić information content (AvgIpc) is 3.63. The fourth-order valence-electron chi connectivity index (χ4n) is 9.75. The van der Waals surface area contributed by atoms with Crippen molar-refractivity contribution in [3.63, 3.8) is 0 Å². The average molecular weight is 922 g/mol. The molecule has 1 heterocycles. The van der Waals surface area contributed by atoms with Crippen molar-refractivity contribution in [2.75, 3.05) is 20.3 Å². The quantitative estimate of drug-likeness (QED) is 0.0402. The summed E-state index contributed by atoms with van der Waals surface area (Å²) in [5, 5.41) is 58.9. The van der Waals surface area contributed by atoms with Crippen molar-refractivity contribution in [1.29, 1.82) is 0 Å². The van der Waals surface area contributed by atoms with Crippen molar-refractivity contribution in [1.82, 2.24) is 5.32 Å². The number of nitrogens with one attached hydrogen (secondary N) is 1. The molecular weight excluding hydrogens is 871 g/mol. The monoisotopic (exact) mass is 921 g/mol. The van der Waals surface area contributed by atoms with Crippen LogP contribution in [0.15, 0.2) is 66.7 Å². The van der Waals surface area contributed by atoms with Gasteiger partial charge in [0.1, 0.15) is 35.6 Å². The number of carboxylic acids is 1. The molecule has 0 saturated carbocycles. The number of aliphatic carboxylic acids is 1. The summed E-state index contributed by atoms with van der Waals surface area (Å²) in [6.45, 7) is 0.628. The van der Waals surface area contributed by atoms with E-state index in [0.717, 1.165) is 22.3 Å². The number of amides is 1. The SMILES string of the molecule is COc1cccc2c1C(=O)c1c(O)c3c(c(O)c1C2=O)C[C@@](O)(C(=O)COC(=O)CCCCCCC(=O)O)C[C@@H]3O[C@H]1C[C@H](NC(=O)OCC2c3ccccc3-c3ccccc32)[C@H](O)[C@H](C)O1. The Hall–Kier alpha value is -6.66. The molecule has 1 amide bonds. The summed E-state index contributed by atoms with van der Waals surface area (Å²) in [6, 6.07) is 18.9. The van der Waals surface area contributed by atoms with Crippen LogP contribution in [-0.2, 0) is 39.8 Å². The highest BCUT2D eigenvalue weighted by Gasteiger charge is 2.51. The number of benzene rings is 4. The number of unbranched alkanes of at least 4 members (excludes halogenated alkanes) is 3. The summed E-state index contributed by atoms with van der Waals surface area (Å²) in [5.74, 6) is -6.11. The molecular formula is C50H51NO16.